The first-order valence-electron chi connectivity index (χ1n) is 7.95. The first-order chi connectivity index (χ1) is 11.0. The van der Waals surface area contributed by atoms with E-state index in [1.54, 1.807) is 0 Å². The lowest BCUT2D eigenvalue weighted by Gasteiger charge is -2.31. The number of hydrogen-bond acceptors (Lipinski definition) is 4. The number of nitrogens with zero attached hydrogens (tertiary/aromatic N) is 1. The first kappa shape index (κ1) is 15.5. The Balaban J connectivity index is 1.59. The summed E-state index contributed by atoms with van der Waals surface area (Å²) < 4.78 is 5.31. The second-order valence-electron chi connectivity index (χ2n) is 6.44. The second kappa shape index (κ2) is 6.40. The van der Waals surface area contributed by atoms with Gasteiger partial charge in [-0.25, -0.2) is 10.2 Å². The Morgan fingerprint density at radius 3 is 2.57 bits per heavy atom. The third-order valence-corrected chi connectivity index (χ3v) is 4.29. The Morgan fingerprint density at radius 1 is 1.26 bits per heavy atom. The standard InChI is InChI=1S/C17H21N3O3/c1-10-7-14(8-10)23-17(22)18-13-5-3-12(4-6-13)16-11(2)9-15(21)19-20-16/h3-6,10-11,14H,7-9H2,1-2H3,(H,18,22)(H,19,21). The van der Waals surface area contributed by atoms with Gasteiger partial charge in [-0.1, -0.05) is 26.0 Å². The van der Waals surface area contributed by atoms with Gasteiger partial charge >= 0.3 is 6.09 Å². The molecule has 2 amide bonds. The van der Waals surface area contributed by atoms with Crippen molar-refractivity contribution in [3.05, 3.63) is 29.8 Å². The highest BCUT2D eigenvalue weighted by Gasteiger charge is 2.28. The topological polar surface area (TPSA) is 79.8 Å². The van der Waals surface area contributed by atoms with Gasteiger partial charge in [0.15, 0.2) is 0 Å². The smallest absolute Gasteiger partial charge is 0.411 e. The van der Waals surface area contributed by atoms with E-state index in [0.29, 0.717) is 18.0 Å². The van der Waals surface area contributed by atoms with Gasteiger partial charge in [0.05, 0.1) is 5.71 Å². The fourth-order valence-corrected chi connectivity index (χ4v) is 2.95. The van der Waals surface area contributed by atoms with Crippen LogP contribution in [0.5, 0.6) is 0 Å². The molecule has 1 saturated carbocycles. The van der Waals surface area contributed by atoms with Gasteiger partial charge in [0.1, 0.15) is 6.10 Å². The van der Waals surface area contributed by atoms with E-state index in [9.17, 15) is 9.59 Å². The molecule has 0 saturated heterocycles. The van der Waals surface area contributed by atoms with Crippen LogP contribution < -0.4 is 10.7 Å². The van der Waals surface area contributed by atoms with Crippen molar-refractivity contribution in [1.29, 1.82) is 0 Å². The number of anilines is 1. The molecule has 0 radical (unpaired) electrons. The summed E-state index contributed by atoms with van der Waals surface area (Å²) in [6.07, 6.45) is 1.95. The zero-order valence-electron chi connectivity index (χ0n) is 13.3. The van der Waals surface area contributed by atoms with Crippen molar-refractivity contribution in [2.75, 3.05) is 5.32 Å². The van der Waals surface area contributed by atoms with Crippen LogP contribution in [0.4, 0.5) is 10.5 Å². The fraction of sp³-hybridized carbons (Fsp3) is 0.471. The van der Waals surface area contributed by atoms with Gasteiger partial charge in [-0.3, -0.25) is 10.1 Å². The summed E-state index contributed by atoms with van der Waals surface area (Å²) >= 11 is 0. The number of amides is 2. The molecule has 6 heteroatoms. The van der Waals surface area contributed by atoms with Crippen LogP contribution >= 0.6 is 0 Å². The molecule has 2 N–H and O–H groups in total. The molecule has 0 bridgehead atoms. The van der Waals surface area contributed by atoms with E-state index < -0.39 is 6.09 Å². The highest BCUT2D eigenvalue weighted by molar-refractivity contribution is 6.06. The summed E-state index contributed by atoms with van der Waals surface area (Å²) in [5.74, 6) is 0.659. The fourth-order valence-electron chi connectivity index (χ4n) is 2.95. The van der Waals surface area contributed by atoms with Crippen molar-refractivity contribution in [3.8, 4) is 0 Å². The zero-order chi connectivity index (χ0) is 16.4. The molecule has 1 fully saturated rings. The third kappa shape index (κ3) is 3.70. The molecule has 1 heterocycles. The highest BCUT2D eigenvalue weighted by Crippen LogP contribution is 2.29. The van der Waals surface area contributed by atoms with Crippen LogP contribution in [0.1, 0.15) is 38.7 Å². The van der Waals surface area contributed by atoms with E-state index in [4.69, 9.17) is 4.74 Å². The van der Waals surface area contributed by atoms with Crippen molar-refractivity contribution in [1.82, 2.24) is 5.43 Å². The van der Waals surface area contributed by atoms with Crippen molar-refractivity contribution in [3.63, 3.8) is 0 Å². The number of rotatable bonds is 3. The number of nitrogens with one attached hydrogen (secondary N) is 2. The highest BCUT2D eigenvalue weighted by atomic mass is 16.6. The number of ether oxygens (including phenoxy) is 1. The Hall–Kier alpha value is -2.37. The van der Waals surface area contributed by atoms with Gasteiger partial charge in [0.25, 0.3) is 0 Å². The molecule has 0 spiro atoms. The minimum absolute atomic E-state index is 0.0466. The second-order valence-corrected chi connectivity index (χ2v) is 6.44. The predicted octanol–water partition coefficient (Wildman–Crippen LogP) is 2.89. The van der Waals surface area contributed by atoms with Gasteiger partial charge in [0.2, 0.25) is 5.91 Å². The monoisotopic (exact) mass is 315 g/mol. The van der Waals surface area contributed by atoms with Crippen molar-refractivity contribution >= 4 is 23.4 Å². The molecule has 23 heavy (non-hydrogen) atoms. The summed E-state index contributed by atoms with van der Waals surface area (Å²) in [7, 11) is 0. The average molecular weight is 315 g/mol. The molecule has 1 aliphatic heterocycles. The lowest BCUT2D eigenvalue weighted by atomic mass is 9.84. The summed E-state index contributed by atoms with van der Waals surface area (Å²) in [5, 5.41) is 6.86. The zero-order valence-corrected chi connectivity index (χ0v) is 13.3. The van der Waals surface area contributed by atoms with E-state index in [0.717, 1.165) is 24.1 Å². The maximum absolute atomic E-state index is 11.8. The Morgan fingerprint density at radius 2 is 1.96 bits per heavy atom. The van der Waals surface area contributed by atoms with E-state index in [1.807, 2.05) is 31.2 Å². The SMILES string of the molecule is CC1CC(OC(=O)Nc2ccc(C3=NNC(=O)CC3C)cc2)C1. The quantitative estimate of drug-likeness (QED) is 0.900. The largest absolute Gasteiger partial charge is 0.446 e. The van der Waals surface area contributed by atoms with Crippen molar-refractivity contribution < 1.29 is 14.3 Å². The van der Waals surface area contributed by atoms with Crippen LogP contribution in [-0.2, 0) is 9.53 Å². The lowest BCUT2D eigenvalue weighted by molar-refractivity contribution is -0.121. The van der Waals surface area contributed by atoms with Gasteiger partial charge in [-0.2, -0.15) is 5.10 Å². The molecule has 6 nitrogen and oxygen atoms in total. The molecule has 1 aromatic rings. The lowest BCUT2D eigenvalue weighted by Crippen LogP contribution is -2.33. The Labute approximate surface area is 135 Å². The minimum Gasteiger partial charge on any atom is -0.446 e. The number of hydrazone groups is 1. The normalized spacial score (nSPS) is 26.6. The molecule has 1 unspecified atom stereocenters. The molecule has 1 aliphatic carbocycles. The number of benzene rings is 1. The van der Waals surface area contributed by atoms with E-state index in [2.05, 4.69) is 22.8 Å². The Kier molecular flexibility index (Phi) is 4.32. The van der Waals surface area contributed by atoms with Crippen molar-refractivity contribution in [2.45, 2.75) is 39.2 Å². The van der Waals surface area contributed by atoms with Crippen LogP contribution in [0.3, 0.4) is 0 Å². The molecule has 122 valence electrons. The van der Waals surface area contributed by atoms with E-state index >= 15 is 0 Å². The maximum atomic E-state index is 11.8. The van der Waals surface area contributed by atoms with E-state index in [1.165, 1.54) is 0 Å². The third-order valence-electron chi connectivity index (χ3n) is 4.29. The molecule has 2 aliphatic rings. The average Bonchev–Trinajstić information content (AvgIpc) is 2.47. The van der Waals surface area contributed by atoms with Crippen LogP contribution in [0.25, 0.3) is 0 Å². The molecular formula is C17H21N3O3. The summed E-state index contributed by atoms with van der Waals surface area (Å²) in [5.41, 5.74) is 4.97. The van der Waals surface area contributed by atoms with Gasteiger partial charge < -0.3 is 4.74 Å². The molecule has 1 aromatic carbocycles. The Bertz CT molecular complexity index is 633. The van der Waals surface area contributed by atoms with E-state index in [-0.39, 0.29) is 17.9 Å². The van der Waals surface area contributed by atoms with Gasteiger partial charge in [-0.05, 0) is 36.5 Å². The number of carbonyl (C=O) groups is 2. The number of carbonyl (C=O) groups excluding carboxylic acids is 2. The first-order valence-corrected chi connectivity index (χ1v) is 7.95. The molecule has 0 aromatic heterocycles. The van der Waals surface area contributed by atoms with Crippen LogP contribution in [0, 0.1) is 11.8 Å². The summed E-state index contributed by atoms with van der Waals surface area (Å²) in [6, 6.07) is 7.39. The van der Waals surface area contributed by atoms with Crippen LogP contribution in [0.2, 0.25) is 0 Å². The minimum atomic E-state index is -0.412. The number of hydrogen-bond donors (Lipinski definition) is 2. The maximum Gasteiger partial charge on any atom is 0.411 e. The van der Waals surface area contributed by atoms with Crippen LogP contribution in [0.15, 0.2) is 29.4 Å². The van der Waals surface area contributed by atoms with Crippen molar-refractivity contribution in [2.24, 2.45) is 16.9 Å². The molecule has 3 rings (SSSR count). The predicted molar refractivity (Wildman–Crippen MR) is 87.2 cm³/mol. The molecular weight excluding hydrogens is 294 g/mol. The van der Waals surface area contributed by atoms with Gasteiger partial charge in [-0.15, -0.1) is 0 Å². The summed E-state index contributed by atoms with van der Waals surface area (Å²) in [6.45, 7) is 4.12. The van der Waals surface area contributed by atoms with Crippen LogP contribution in [-0.4, -0.2) is 23.8 Å². The molecule has 1 atom stereocenters. The van der Waals surface area contributed by atoms with Gasteiger partial charge in [0, 0.05) is 18.0 Å². The summed E-state index contributed by atoms with van der Waals surface area (Å²) in [4.78, 5) is 23.1.